The molecule has 2 fully saturated rings. The van der Waals surface area contributed by atoms with Gasteiger partial charge in [-0.25, -0.2) is 14.8 Å². The Labute approximate surface area is 159 Å². The fourth-order valence-electron chi connectivity index (χ4n) is 3.62. The van der Waals surface area contributed by atoms with E-state index in [1.807, 2.05) is 5.38 Å². The Bertz CT molecular complexity index is 814. The van der Waals surface area contributed by atoms with Gasteiger partial charge in [0.1, 0.15) is 11.9 Å². The molecular weight excluding hydrogens is 369 g/mol. The Morgan fingerprint density at radius 2 is 2.07 bits per heavy atom. The van der Waals surface area contributed by atoms with Crippen LogP contribution >= 0.6 is 11.3 Å². The zero-order valence-corrected chi connectivity index (χ0v) is 15.3. The first-order valence-corrected chi connectivity index (χ1v) is 9.74. The number of nitrogens with one attached hydrogen (secondary N) is 3. The van der Waals surface area contributed by atoms with Crippen molar-refractivity contribution in [2.45, 2.75) is 24.9 Å². The van der Waals surface area contributed by atoms with E-state index >= 15 is 0 Å². The third-order valence-electron chi connectivity index (χ3n) is 5.08. The van der Waals surface area contributed by atoms with Gasteiger partial charge in [0.05, 0.1) is 0 Å². The van der Waals surface area contributed by atoms with Crippen molar-refractivity contribution in [3.63, 3.8) is 0 Å². The summed E-state index contributed by atoms with van der Waals surface area (Å²) >= 11 is 1.38. The molecule has 3 heterocycles. The second-order valence-electron chi connectivity index (χ2n) is 6.82. The summed E-state index contributed by atoms with van der Waals surface area (Å²) in [5.74, 6) is -0.285. The van der Waals surface area contributed by atoms with Crippen LogP contribution in [0, 0.1) is 11.7 Å². The second kappa shape index (κ2) is 7.71. The molecule has 2 saturated heterocycles. The number of hydrogen-bond acceptors (Lipinski definition) is 6. The minimum atomic E-state index is -0.353. The SMILES string of the molecule is O=C(Nc1nccs1)C1CC(C2CCN(C(=O)c3ccc(F)cc3)C2)NN1. The smallest absolute Gasteiger partial charge is 0.253 e. The molecule has 3 unspecified atom stereocenters. The van der Waals surface area contributed by atoms with Crippen LogP contribution in [-0.4, -0.2) is 46.9 Å². The lowest BCUT2D eigenvalue weighted by atomic mass is 9.95. The Kier molecular flexibility index (Phi) is 5.15. The zero-order chi connectivity index (χ0) is 18.8. The number of carbonyl (C=O) groups excluding carboxylic acids is 2. The molecule has 3 N–H and O–H groups in total. The number of hydrazine groups is 1. The summed E-state index contributed by atoms with van der Waals surface area (Å²) in [4.78, 5) is 30.7. The number of thiazole rings is 1. The molecule has 142 valence electrons. The molecule has 1 aromatic carbocycles. The van der Waals surface area contributed by atoms with Crippen molar-refractivity contribution < 1.29 is 14.0 Å². The second-order valence-corrected chi connectivity index (χ2v) is 7.71. The predicted molar refractivity (Wildman–Crippen MR) is 99.6 cm³/mol. The quantitative estimate of drug-likeness (QED) is 0.740. The van der Waals surface area contributed by atoms with Gasteiger partial charge in [-0.15, -0.1) is 11.3 Å². The molecule has 1 aromatic heterocycles. The number of anilines is 1. The highest BCUT2D eigenvalue weighted by atomic mass is 32.1. The van der Waals surface area contributed by atoms with Gasteiger partial charge in [0.2, 0.25) is 5.91 Å². The fourth-order valence-corrected chi connectivity index (χ4v) is 4.15. The fraction of sp³-hybridized carbons (Fsp3) is 0.389. The van der Waals surface area contributed by atoms with Crippen molar-refractivity contribution in [1.29, 1.82) is 0 Å². The summed E-state index contributed by atoms with van der Waals surface area (Å²) < 4.78 is 13.0. The van der Waals surface area contributed by atoms with Crippen LogP contribution in [0.4, 0.5) is 9.52 Å². The molecule has 2 aliphatic rings. The van der Waals surface area contributed by atoms with E-state index < -0.39 is 0 Å². The lowest BCUT2D eigenvalue weighted by Crippen LogP contribution is -2.41. The van der Waals surface area contributed by atoms with Crippen molar-refractivity contribution in [1.82, 2.24) is 20.7 Å². The first-order valence-electron chi connectivity index (χ1n) is 8.86. The number of aromatic nitrogens is 1. The topological polar surface area (TPSA) is 86.4 Å². The molecule has 0 aliphatic carbocycles. The molecule has 0 bridgehead atoms. The summed E-state index contributed by atoms with van der Waals surface area (Å²) in [7, 11) is 0. The third-order valence-corrected chi connectivity index (χ3v) is 5.77. The van der Waals surface area contributed by atoms with Crippen LogP contribution in [0.2, 0.25) is 0 Å². The van der Waals surface area contributed by atoms with E-state index in [1.54, 1.807) is 11.1 Å². The summed E-state index contributed by atoms with van der Waals surface area (Å²) in [6.45, 7) is 1.28. The summed E-state index contributed by atoms with van der Waals surface area (Å²) in [5.41, 5.74) is 6.74. The minimum absolute atomic E-state index is 0.0819. The molecule has 2 aromatic rings. The van der Waals surface area contributed by atoms with Crippen LogP contribution in [-0.2, 0) is 4.79 Å². The molecule has 2 amide bonds. The van der Waals surface area contributed by atoms with Crippen molar-refractivity contribution in [3.8, 4) is 0 Å². The number of amides is 2. The maximum absolute atomic E-state index is 13.0. The van der Waals surface area contributed by atoms with Gasteiger partial charge in [-0.05, 0) is 43.0 Å². The van der Waals surface area contributed by atoms with Gasteiger partial charge in [0.15, 0.2) is 5.13 Å². The Hall–Kier alpha value is -2.36. The zero-order valence-electron chi connectivity index (χ0n) is 14.5. The van der Waals surface area contributed by atoms with Crippen LogP contribution < -0.4 is 16.2 Å². The third kappa shape index (κ3) is 4.00. The molecule has 3 atom stereocenters. The highest BCUT2D eigenvalue weighted by Crippen LogP contribution is 2.26. The summed E-state index contributed by atoms with van der Waals surface area (Å²) in [6, 6.07) is 5.41. The number of likely N-dealkylation sites (tertiary alicyclic amines) is 1. The van der Waals surface area contributed by atoms with Crippen LogP contribution in [0.25, 0.3) is 0 Å². The van der Waals surface area contributed by atoms with Crippen molar-refractivity contribution in [2.75, 3.05) is 18.4 Å². The maximum atomic E-state index is 13.0. The van der Waals surface area contributed by atoms with Crippen LogP contribution in [0.5, 0.6) is 0 Å². The number of rotatable bonds is 4. The Morgan fingerprint density at radius 3 is 2.81 bits per heavy atom. The van der Waals surface area contributed by atoms with Crippen LogP contribution in [0.3, 0.4) is 0 Å². The first kappa shape index (κ1) is 18.0. The molecule has 9 heteroatoms. The predicted octanol–water partition coefficient (Wildman–Crippen LogP) is 1.62. The molecule has 7 nitrogen and oxygen atoms in total. The molecule has 2 aliphatic heterocycles. The molecule has 0 radical (unpaired) electrons. The average Bonchev–Trinajstić information content (AvgIpc) is 3.42. The highest BCUT2D eigenvalue weighted by Gasteiger charge is 2.38. The molecule has 0 spiro atoms. The summed E-state index contributed by atoms with van der Waals surface area (Å²) in [5, 5.41) is 5.19. The van der Waals surface area contributed by atoms with E-state index in [0.717, 1.165) is 6.42 Å². The first-order chi connectivity index (χ1) is 13.1. The minimum Gasteiger partial charge on any atom is -0.338 e. The van der Waals surface area contributed by atoms with E-state index in [0.29, 0.717) is 30.2 Å². The summed E-state index contributed by atoms with van der Waals surface area (Å²) in [6.07, 6.45) is 3.17. The number of halogens is 1. The monoisotopic (exact) mass is 389 g/mol. The number of hydrogen-bond donors (Lipinski definition) is 3. The molecule has 27 heavy (non-hydrogen) atoms. The van der Waals surface area contributed by atoms with Gasteiger partial charge in [0.25, 0.3) is 5.91 Å². The van der Waals surface area contributed by atoms with Gasteiger partial charge >= 0.3 is 0 Å². The molecule has 0 saturated carbocycles. The van der Waals surface area contributed by atoms with Crippen molar-refractivity contribution >= 4 is 28.3 Å². The number of carbonyl (C=O) groups is 2. The highest BCUT2D eigenvalue weighted by molar-refractivity contribution is 7.13. The Balaban J connectivity index is 1.31. The lowest BCUT2D eigenvalue weighted by Gasteiger charge is -2.20. The maximum Gasteiger partial charge on any atom is 0.253 e. The van der Waals surface area contributed by atoms with Crippen LogP contribution in [0.1, 0.15) is 23.2 Å². The molecular formula is C18H20FN5O2S. The van der Waals surface area contributed by atoms with E-state index in [-0.39, 0.29) is 35.6 Å². The Morgan fingerprint density at radius 1 is 1.26 bits per heavy atom. The largest absolute Gasteiger partial charge is 0.338 e. The van der Waals surface area contributed by atoms with Crippen molar-refractivity contribution in [3.05, 3.63) is 47.2 Å². The van der Waals surface area contributed by atoms with Crippen molar-refractivity contribution in [2.24, 2.45) is 5.92 Å². The van der Waals surface area contributed by atoms with Gasteiger partial charge in [-0.2, -0.15) is 0 Å². The van der Waals surface area contributed by atoms with E-state index in [9.17, 15) is 14.0 Å². The van der Waals surface area contributed by atoms with Gasteiger partial charge in [-0.1, -0.05) is 0 Å². The number of benzene rings is 1. The van der Waals surface area contributed by atoms with Gasteiger partial charge in [-0.3, -0.25) is 15.0 Å². The standard InChI is InChI=1S/C18H20FN5O2S/c19-13-3-1-11(2-4-13)17(26)24-7-5-12(10-24)14-9-15(23-22-14)16(25)21-18-20-6-8-27-18/h1-4,6,8,12,14-15,22-23H,5,7,9-10H2,(H,20,21,25). The molecule has 4 rings (SSSR count). The van der Waals surface area contributed by atoms with Gasteiger partial charge in [0, 0.05) is 36.3 Å². The van der Waals surface area contributed by atoms with Crippen LogP contribution in [0.15, 0.2) is 35.8 Å². The van der Waals surface area contributed by atoms with Gasteiger partial charge < -0.3 is 10.2 Å². The van der Waals surface area contributed by atoms with E-state index in [4.69, 9.17) is 0 Å². The number of nitrogens with zero attached hydrogens (tertiary/aromatic N) is 2. The van der Waals surface area contributed by atoms with E-state index in [1.165, 1.54) is 35.6 Å². The van der Waals surface area contributed by atoms with E-state index in [2.05, 4.69) is 21.2 Å². The normalized spacial score (nSPS) is 24.9. The lowest BCUT2D eigenvalue weighted by molar-refractivity contribution is -0.117. The average molecular weight is 389 g/mol.